The molecule has 0 bridgehead atoms. The van der Waals surface area contributed by atoms with E-state index < -0.39 is 5.90 Å². The maximum Gasteiger partial charge on any atom is 0.324 e. The Morgan fingerprint density at radius 2 is 1.95 bits per heavy atom. The molecular weight excluding hydrogens is 523 g/mol. The molecule has 12 heteroatoms. The molecule has 2 N–H and O–H groups in total. The van der Waals surface area contributed by atoms with Crippen molar-refractivity contribution in [2.75, 3.05) is 44.2 Å². The lowest BCUT2D eigenvalue weighted by molar-refractivity contribution is -0.759. The quantitative estimate of drug-likeness (QED) is 0.196. The predicted octanol–water partition coefficient (Wildman–Crippen LogP) is 3.04. The SMILES string of the molecule is COc1ccc(-c2cc(-c3cccc(F)c3)c3c(N)c(/C([O-])=N/c4c[n+](N5CCOCC5)no4)sc3n2)cc1. The highest BCUT2D eigenvalue weighted by Gasteiger charge is 2.23. The van der Waals surface area contributed by atoms with E-state index in [9.17, 15) is 9.50 Å². The minimum Gasteiger partial charge on any atom is -0.857 e. The highest BCUT2D eigenvalue weighted by Crippen LogP contribution is 2.41. The molecule has 1 fully saturated rings. The number of pyridine rings is 1. The van der Waals surface area contributed by atoms with Gasteiger partial charge in [0.2, 0.25) is 5.27 Å². The summed E-state index contributed by atoms with van der Waals surface area (Å²) >= 11 is 1.12. The van der Waals surface area contributed by atoms with Crippen LogP contribution in [0.3, 0.4) is 0 Å². The van der Waals surface area contributed by atoms with Gasteiger partial charge in [-0.1, -0.05) is 12.1 Å². The first-order valence-electron chi connectivity index (χ1n) is 12.1. The molecule has 1 saturated heterocycles. The van der Waals surface area contributed by atoms with Crippen molar-refractivity contribution in [1.29, 1.82) is 0 Å². The average molecular weight is 547 g/mol. The maximum absolute atomic E-state index is 14.2. The molecule has 0 aliphatic carbocycles. The van der Waals surface area contributed by atoms with Crippen LogP contribution in [0.5, 0.6) is 5.75 Å². The monoisotopic (exact) mass is 546 g/mol. The maximum atomic E-state index is 14.2. The van der Waals surface area contributed by atoms with E-state index in [1.165, 1.54) is 23.1 Å². The molecule has 2 aromatic carbocycles. The molecule has 198 valence electrons. The number of methoxy groups -OCH3 is 1. The highest BCUT2D eigenvalue weighted by molar-refractivity contribution is 7.21. The molecule has 39 heavy (non-hydrogen) atoms. The normalized spacial score (nSPS) is 14.2. The van der Waals surface area contributed by atoms with Gasteiger partial charge in [0.15, 0.2) is 0 Å². The van der Waals surface area contributed by atoms with Crippen molar-refractivity contribution in [2.45, 2.75) is 0 Å². The van der Waals surface area contributed by atoms with Crippen LogP contribution >= 0.6 is 11.3 Å². The Bertz CT molecular complexity index is 1680. The molecule has 3 aromatic heterocycles. The number of nitrogens with two attached hydrogens (primary N) is 1. The summed E-state index contributed by atoms with van der Waals surface area (Å²) in [7, 11) is 1.60. The van der Waals surface area contributed by atoms with Crippen molar-refractivity contribution in [3.63, 3.8) is 0 Å². The number of ether oxygens (including phenoxy) is 2. The largest absolute Gasteiger partial charge is 0.857 e. The van der Waals surface area contributed by atoms with Gasteiger partial charge in [0.25, 0.3) is 6.20 Å². The van der Waals surface area contributed by atoms with Crippen molar-refractivity contribution >= 4 is 39.0 Å². The van der Waals surface area contributed by atoms with E-state index in [-0.39, 0.29) is 22.3 Å². The molecule has 1 aliphatic rings. The van der Waals surface area contributed by atoms with E-state index in [1.807, 2.05) is 35.3 Å². The molecule has 0 atom stereocenters. The van der Waals surface area contributed by atoms with Gasteiger partial charge in [-0.2, -0.15) is 0 Å². The van der Waals surface area contributed by atoms with Crippen molar-refractivity contribution in [2.24, 2.45) is 4.99 Å². The van der Waals surface area contributed by atoms with Crippen LogP contribution < -0.4 is 25.4 Å². The molecule has 1 aliphatic heterocycles. The molecule has 0 saturated carbocycles. The third-order valence-electron chi connectivity index (χ3n) is 6.35. The third-order valence-corrected chi connectivity index (χ3v) is 7.43. The number of rotatable bonds is 6. The molecule has 0 amide bonds. The van der Waals surface area contributed by atoms with Crippen LogP contribution in [0.2, 0.25) is 0 Å². The fraction of sp³-hybridized carbons (Fsp3) is 0.185. The van der Waals surface area contributed by atoms with Gasteiger partial charge in [-0.3, -0.25) is 4.52 Å². The smallest absolute Gasteiger partial charge is 0.324 e. The van der Waals surface area contributed by atoms with Crippen LogP contribution in [-0.4, -0.2) is 49.6 Å². The number of anilines is 1. The molecule has 0 unspecified atom stereocenters. The summed E-state index contributed by atoms with van der Waals surface area (Å²) < 4.78 is 30.1. The summed E-state index contributed by atoms with van der Waals surface area (Å²) in [5, 5.41) is 19.7. The Hall–Kier alpha value is -4.55. The second kappa shape index (κ2) is 10.3. The standard InChI is InChI=1S/C27H23FN6O4S/c1-36-19-7-5-16(6-8-19)21-14-20(17-3-2-4-18(28)13-17)23-24(29)25(39-27(23)30-21)26(35)31-22-15-34(32-38-22)33-9-11-37-12-10-33/h2-8,13-15H,9-12H2,1H3,(H2-,29,31,32,35). The van der Waals surface area contributed by atoms with Crippen LogP contribution in [-0.2, 0) is 4.74 Å². The van der Waals surface area contributed by atoms with Gasteiger partial charge >= 0.3 is 5.88 Å². The van der Waals surface area contributed by atoms with Crippen LogP contribution in [0.4, 0.5) is 16.0 Å². The number of hydrogen-bond donors (Lipinski definition) is 1. The zero-order valence-electron chi connectivity index (χ0n) is 20.8. The van der Waals surface area contributed by atoms with Crippen molar-refractivity contribution < 1.29 is 28.3 Å². The van der Waals surface area contributed by atoms with Crippen molar-refractivity contribution in [3.8, 4) is 28.1 Å². The van der Waals surface area contributed by atoms with Crippen LogP contribution in [0, 0.1) is 5.82 Å². The second-order valence-corrected chi connectivity index (χ2v) is 9.76. The molecule has 0 spiro atoms. The Kier molecular flexibility index (Phi) is 6.55. The zero-order valence-corrected chi connectivity index (χ0v) is 21.7. The van der Waals surface area contributed by atoms with Crippen LogP contribution in [0.15, 0.2) is 70.3 Å². The number of aliphatic imine (C=N–C) groups is 1. The second-order valence-electron chi connectivity index (χ2n) is 8.76. The molecule has 5 aromatic rings. The number of halogens is 1. The van der Waals surface area contributed by atoms with E-state index in [0.29, 0.717) is 59.1 Å². The first-order chi connectivity index (χ1) is 19.0. The van der Waals surface area contributed by atoms with Crippen molar-refractivity contribution in [1.82, 2.24) is 10.3 Å². The number of thiophene rings is 1. The van der Waals surface area contributed by atoms with E-state index in [2.05, 4.69) is 10.3 Å². The lowest BCUT2D eigenvalue weighted by Gasteiger charge is -2.18. The van der Waals surface area contributed by atoms with E-state index in [4.69, 9.17) is 24.7 Å². The summed E-state index contributed by atoms with van der Waals surface area (Å²) in [6, 6.07) is 15.5. The van der Waals surface area contributed by atoms with Gasteiger partial charge in [-0.05, 0) is 53.6 Å². The summed E-state index contributed by atoms with van der Waals surface area (Å²) in [5.74, 6) is -0.220. The van der Waals surface area contributed by atoms with Gasteiger partial charge in [-0.15, -0.1) is 16.3 Å². The van der Waals surface area contributed by atoms with Crippen LogP contribution in [0.25, 0.3) is 32.6 Å². The summed E-state index contributed by atoms with van der Waals surface area (Å²) in [6.07, 6.45) is 1.53. The lowest BCUT2D eigenvalue weighted by Crippen LogP contribution is -2.62. The fourth-order valence-corrected chi connectivity index (χ4v) is 5.40. The Labute approximate surface area is 226 Å². The zero-order chi connectivity index (χ0) is 26.9. The molecule has 6 rings (SSSR count). The van der Waals surface area contributed by atoms with Crippen LogP contribution in [0.1, 0.15) is 4.88 Å². The number of fused-ring (bicyclic) bond motifs is 1. The molecule has 0 radical (unpaired) electrons. The van der Waals surface area contributed by atoms with Gasteiger partial charge in [0.1, 0.15) is 16.4 Å². The molecule has 10 nitrogen and oxygen atoms in total. The Morgan fingerprint density at radius 1 is 1.15 bits per heavy atom. The number of nitrogens with zero attached hydrogens (tertiary/aromatic N) is 5. The summed E-state index contributed by atoms with van der Waals surface area (Å²) in [6.45, 7) is 2.42. The summed E-state index contributed by atoms with van der Waals surface area (Å²) in [5.41, 5.74) is 9.48. The number of aromatic nitrogens is 3. The third kappa shape index (κ3) is 4.87. The Morgan fingerprint density at radius 3 is 2.69 bits per heavy atom. The van der Waals surface area contributed by atoms with Gasteiger partial charge < -0.3 is 20.3 Å². The first-order valence-corrected chi connectivity index (χ1v) is 12.9. The van der Waals surface area contributed by atoms with E-state index in [0.717, 1.165) is 16.9 Å². The number of benzene rings is 2. The lowest BCUT2D eigenvalue weighted by atomic mass is 9.99. The van der Waals surface area contributed by atoms with Gasteiger partial charge in [0, 0.05) is 16.8 Å². The summed E-state index contributed by atoms with van der Waals surface area (Å²) in [4.78, 5) is 11.1. The van der Waals surface area contributed by atoms with E-state index in [1.54, 1.807) is 19.2 Å². The highest BCUT2D eigenvalue weighted by atomic mass is 32.1. The van der Waals surface area contributed by atoms with Crippen molar-refractivity contribution in [3.05, 3.63) is 71.5 Å². The topological polar surface area (TPSA) is 126 Å². The first kappa shape index (κ1) is 24.8. The number of hydrogen-bond acceptors (Lipinski definition) is 10. The number of morpholine rings is 1. The molecular formula is C27H23FN6O4S. The van der Waals surface area contributed by atoms with E-state index >= 15 is 0 Å². The number of nitrogen functional groups attached to an aromatic ring is 1. The Balaban J connectivity index is 1.44. The van der Waals surface area contributed by atoms with Gasteiger partial charge in [0.05, 0.1) is 54.5 Å². The average Bonchev–Trinajstić information content (AvgIpc) is 3.57. The molecule has 4 heterocycles. The minimum atomic E-state index is -0.586. The van der Waals surface area contributed by atoms with Gasteiger partial charge in [-0.25, -0.2) is 14.4 Å². The predicted molar refractivity (Wildman–Crippen MR) is 143 cm³/mol. The minimum absolute atomic E-state index is 0.0422. The fourth-order valence-electron chi connectivity index (χ4n) is 4.39.